The zero-order valence-electron chi connectivity index (χ0n) is 11.1. The van der Waals surface area contributed by atoms with Crippen LogP contribution in [0.2, 0.25) is 0 Å². The number of ether oxygens (including phenoxy) is 2. The van der Waals surface area contributed by atoms with Crippen LogP contribution in [-0.2, 0) is 0 Å². The molecule has 0 bridgehead atoms. The Labute approximate surface area is 117 Å². The third-order valence-electron chi connectivity index (χ3n) is 3.45. The van der Waals surface area contributed by atoms with E-state index in [2.05, 4.69) is 5.16 Å². The molecule has 0 unspecified atom stereocenters. The van der Waals surface area contributed by atoms with Crippen LogP contribution in [0.15, 0.2) is 53.7 Å². The van der Waals surface area contributed by atoms with Crippen molar-refractivity contribution in [3.8, 4) is 11.5 Å². The van der Waals surface area contributed by atoms with Gasteiger partial charge in [-0.1, -0.05) is 29.4 Å². The van der Waals surface area contributed by atoms with Crippen molar-refractivity contribution >= 4 is 5.71 Å². The topological polar surface area (TPSA) is 51.0 Å². The van der Waals surface area contributed by atoms with Crippen molar-refractivity contribution in [3.05, 3.63) is 59.7 Å². The summed E-state index contributed by atoms with van der Waals surface area (Å²) in [5, 5.41) is 12.6. The maximum Gasteiger partial charge on any atom is 0.129 e. The average Bonchev–Trinajstić information content (AvgIpc) is 2.54. The highest BCUT2D eigenvalue weighted by molar-refractivity contribution is 6.03. The van der Waals surface area contributed by atoms with Crippen LogP contribution in [0.3, 0.4) is 0 Å². The molecule has 3 rings (SSSR count). The van der Waals surface area contributed by atoms with E-state index in [4.69, 9.17) is 9.47 Å². The van der Waals surface area contributed by atoms with Gasteiger partial charge in [0.15, 0.2) is 0 Å². The lowest BCUT2D eigenvalue weighted by atomic mass is 9.95. The van der Waals surface area contributed by atoms with Crippen molar-refractivity contribution in [2.24, 2.45) is 5.16 Å². The fraction of sp³-hybridized carbons (Fsp3) is 0.188. The van der Waals surface area contributed by atoms with E-state index >= 15 is 0 Å². The van der Waals surface area contributed by atoms with Crippen molar-refractivity contribution in [2.75, 3.05) is 7.11 Å². The first-order valence-corrected chi connectivity index (χ1v) is 6.42. The summed E-state index contributed by atoms with van der Waals surface area (Å²) in [6.45, 7) is 0. The molecule has 0 aromatic heterocycles. The van der Waals surface area contributed by atoms with Gasteiger partial charge in [-0.05, 0) is 29.8 Å². The number of hydrogen-bond donors (Lipinski definition) is 1. The minimum atomic E-state index is -0.151. The Morgan fingerprint density at radius 1 is 1.15 bits per heavy atom. The van der Waals surface area contributed by atoms with Crippen molar-refractivity contribution in [3.63, 3.8) is 0 Å². The van der Waals surface area contributed by atoms with Gasteiger partial charge in [0.05, 0.1) is 12.8 Å². The van der Waals surface area contributed by atoms with Gasteiger partial charge in [0, 0.05) is 12.0 Å². The third kappa shape index (κ3) is 2.20. The normalized spacial score (nSPS) is 19.2. The summed E-state index contributed by atoms with van der Waals surface area (Å²) >= 11 is 0. The molecule has 20 heavy (non-hydrogen) atoms. The first-order valence-electron chi connectivity index (χ1n) is 6.42. The first-order chi connectivity index (χ1) is 9.81. The number of rotatable bonds is 2. The zero-order valence-corrected chi connectivity index (χ0v) is 11.1. The van der Waals surface area contributed by atoms with Gasteiger partial charge in [-0.25, -0.2) is 0 Å². The number of fused-ring (bicyclic) bond motifs is 1. The van der Waals surface area contributed by atoms with E-state index in [1.54, 1.807) is 7.11 Å². The van der Waals surface area contributed by atoms with Gasteiger partial charge in [-0.15, -0.1) is 0 Å². The summed E-state index contributed by atoms with van der Waals surface area (Å²) in [6.07, 6.45) is 0.390. The molecule has 1 atom stereocenters. The highest BCUT2D eigenvalue weighted by atomic mass is 16.5. The van der Waals surface area contributed by atoms with Crippen LogP contribution in [0.5, 0.6) is 11.5 Å². The van der Waals surface area contributed by atoms with E-state index < -0.39 is 0 Å². The van der Waals surface area contributed by atoms with E-state index in [0.29, 0.717) is 12.1 Å². The molecule has 4 heteroatoms. The number of methoxy groups -OCH3 is 1. The van der Waals surface area contributed by atoms with Gasteiger partial charge in [0.25, 0.3) is 0 Å². The van der Waals surface area contributed by atoms with Crippen molar-refractivity contribution in [2.45, 2.75) is 12.5 Å². The Hall–Kier alpha value is -2.49. The molecule has 102 valence electrons. The molecule has 4 nitrogen and oxygen atoms in total. The first kappa shape index (κ1) is 12.5. The smallest absolute Gasteiger partial charge is 0.129 e. The van der Waals surface area contributed by atoms with Crippen LogP contribution in [0.25, 0.3) is 0 Å². The van der Waals surface area contributed by atoms with Crippen LogP contribution < -0.4 is 9.47 Å². The molecule has 0 aliphatic carbocycles. The zero-order chi connectivity index (χ0) is 13.9. The molecule has 2 aromatic rings. The summed E-state index contributed by atoms with van der Waals surface area (Å²) in [4.78, 5) is 0. The fourth-order valence-electron chi connectivity index (χ4n) is 2.39. The molecular weight excluding hydrogens is 254 g/mol. The summed E-state index contributed by atoms with van der Waals surface area (Å²) in [6, 6.07) is 15.3. The van der Waals surface area contributed by atoms with Gasteiger partial charge in [0.1, 0.15) is 17.6 Å². The quantitative estimate of drug-likeness (QED) is 0.671. The lowest BCUT2D eigenvalue weighted by Gasteiger charge is -2.26. The van der Waals surface area contributed by atoms with Crippen molar-refractivity contribution in [1.82, 2.24) is 0 Å². The Morgan fingerprint density at radius 3 is 2.60 bits per heavy atom. The number of nitrogens with zero attached hydrogens (tertiary/aromatic N) is 1. The summed E-state index contributed by atoms with van der Waals surface area (Å²) < 4.78 is 11.1. The molecule has 1 aliphatic heterocycles. The largest absolute Gasteiger partial charge is 0.497 e. The second-order valence-electron chi connectivity index (χ2n) is 4.63. The minimum absolute atomic E-state index is 0.151. The van der Waals surface area contributed by atoms with Gasteiger partial charge in [0.2, 0.25) is 0 Å². The van der Waals surface area contributed by atoms with E-state index in [-0.39, 0.29) is 6.10 Å². The third-order valence-corrected chi connectivity index (χ3v) is 3.45. The Bertz CT molecular complexity index is 634. The van der Waals surface area contributed by atoms with Crippen LogP contribution >= 0.6 is 0 Å². The SMILES string of the molecule is COc1ccc([C@H]2C/C(=N/O)c3ccccc3O2)cc1. The summed E-state index contributed by atoms with van der Waals surface area (Å²) in [5.74, 6) is 1.55. The van der Waals surface area contributed by atoms with E-state index in [9.17, 15) is 5.21 Å². The predicted molar refractivity (Wildman–Crippen MR) is 75.7 cm³/mol. The molecular formula is C16H15NO3. The molecule has 0 spiro atoms. The molecule has 1 aliphatic rings. The van der Waals surface area contributed by atoms with Gasteiger partial charge in [-0.3, -0.25) is 0 Å². The summed E-state index contributed by atoms with van der Waals surface area (Å²) in [7, 11) is 1.64. The molecule has 2 aromatic carbocycles. The maximum atomic E-state index is 9.20. The second kappa shape index (κ2) is 5.25. The van der Waals surface area contributed by atoms with Crippen LogP contribution in [0, 0.1) is 0 Å². The number of hydrogen-bond acceptors (Lipinski definition) is 4. The number of para-hydroxylation sites is 1. The number of benzene rings is 2. The van der Waals surface area contributed by atoms with Crippen LogP contribution in [-0.4, -0.2) is 18.0 Å². The predicted octanol–water partition coefficient (Wildman–Crippen LogP) is 3.40. The van der Waals surface area contributed by atoms with Crippen molar-refractivity contribution in [1.29, 1.82) is 0 Å². The maximum absolute atomic E-state index is 9.20. The fourth-order valence-corrected chi connectivity index (χ4v) is 2.39. The van der Waals surface area contributed by atoms with Crippen LogP contribution in [0.4, 0.5) is 0 Å². The van der Waals surface area contributed by atoms with Crippen LogP contribution in [0.1, 0.15) is 23.7 Å². The van der Waals surface area contributed by atoms with Crippen molar-refractivity contribution < 1.29 is 14.7 Å². The van der Waals surface area contributed by atoms with Gasteiger partial charge in [-0.2, -0.15) is 0 Å². The van der Waals surface area contributed by atoms with E-state index in [1.807, 2.05) is 48.5 Å². The second-order valence-corrected chi connectivity index (χ2v) is 4.63. The molecule has 0 fully saturated rings. The molecule has 1 heterocycles. The molecule has 0 radical (unpaired) electrons. The molecule has 0 saturated heterocycles. The highest BCUT2D eigenvalue weighted by Gasteiger charge is 2.26. The van der Waals surface area contributed by atoms with Gasteiger partial charge >= 0.3 is 0 Å². The van der Waals surface area contributed by atoms with E-state index in [1.165, 1.54) is 0 Å². The molecule has 1 N–H and O–H groups in total. The Kier molecular flexibility index (Phi) is 3.29. The van der Waals surface area contributed by atoms with E-state index in [0.717, 1.165) is 22.6 Å². The van der Waals surface area contributed by atoms with Gasteiger partial charge < -0.3 is 14.7 Å². The average molecular weight is 269 g/mol. The summed E-state index contributed by atoms with van der Waals surface area (Å²) in [5.41, 5.74) is 2.52. The lowest BCUT2D eigenvalue weighted by Crippen LogP contribution is -2.20. The highest BCUT2D eigenvalue weighted by Crippen LogP contribution is 2.35. The Morgan fingerprint density at radius 2 is 1.90 bits per heavy atom. The minimum Gasteiger partial charge on any atom is -0.497 e. The monoisotopic (exact) mass is 269 g/mol. The molecule has 0 amide bonds. The lowest BCUT2D eigenvalue weighted by molar-refractivity contribution is 0.203. The molecule has 0 saturated carbocycles. The standard InChI is InChI=1S/C16H15NO3/c1-19-12-8-6-11(7-9-12)16-10-14(17-18)13-4-2-3-5-15(13)20-16/h2-9,16,18H,10H2,1H3/b17-14-/t16-/m1/s1. The number of oxime groups is 1. The Balaban J connectivity index is 1.93.